The molecule has 2 unspecified atom stereocenters. The van der Waals surface area contributed by atoms with Crippen molar-refractivity contribution in [2.24, 2.45) is 15.2 Å². The number of guanidine groups is 1. The molecule has 10 nitrogen and oxygen atoms in total. The Balaban J connectivity index is 1.73. The second kappa shape index (κ2) is 9.91. The lowest BCUT2D eigenvalue weighted by molar-refractivity contribution is -0.0826. The number of nitrogens with zero attached hydrogens (tertiary/aromatic N) is 7. The predicted molar refractivity (Wildman–Crippen MR) is 149 cm³/mol. The number of aliphatic imine (C=N–C) groups is 1. The summed E-state index contributed by atoms with van der Waals surface area (Å²) in [5.41, 5.74) is 7.15. The maximum absolute atomic E-state index is 6.72. The van der Waals surface area contributed by atoms with Crippen LogP contribution in [0.1, 0.15) is 59.6 Å². The summed E-state index contributed by atoms with van der Waals surface area (Å²) in [6, 6.07) is 0. The van der Waals surface area contributed by atoms with E-state index in [9.17, 15) is 0 Å². The third-order valence-corrected chi connectivity index (χ3v) is 9.81. The Kier molecular flexibility index (Phi) is 7.54. The van der Waals surface area contributed by atoms with E-state index in [1.165, 1.54) is 6.33 Å². The Hall–Kier alpha value is -1.65. The number of likely N-dealkylation sites (N-methyl/N-ethyl adjacent to an activating group) is 2. The van der Waals surface area contributed by atoms with Gasteiger partial charge in [0, 0.05) is 46.5 Å². The molecule has 12 heteroatoms. The molecule has 0 bridgehead atoms. The van der Waals surface area contributed by atoms with Gasteiger partial charge in [-0.3, -0.25) is 4.99 Å². The van der Waals surface area contributed by atoms with Gasteiger partial charge in [0.1, 0.15) is 12.0 Å². The topological polar surface area (TPSA) is 105 Å². The number of rotatable bonds is 5. The number of fused-ring (bicyclic) bond motifs is 1. The largest absolute Gasteiger partial charge is 0.382 e. The highest BCUT2D eigenvalue weighted by atomic mass is 32.4. The van der Waals surface area contributed by atoms with E-state index in [0.29, 0.717) is 24.6 Å². The zero-order valence-electron chi connectivity index (χ0n) is 22.8. The van der Waals surface area contributed by atoms with Gasteiger partial charge in [0.2, 0.25) is 5.96 Å². The summed E-state index contributed by atoms with van der Waals surface area (Å²) in [6.45, 7) is 13.0. The third kappa shape index (κ3) is 6.07. The van der Waals surface area contributed by atoms with Crippen molar-refractivity contribution >= 4 is 42.1 Å². The molecule has 1 aromatic rings. The highest BCUT2D eigenvalue weighted by Crippen LogP contribution is 2.58. The lowest BCUT2D eigenvalue weighted by Gasteiger charge is -2.45. The second-order valence-electron chi connectivity index (χ2n) is 12.2. The van der Waals surface area contributed by atoms with Crippen molar-refractivity contribution in [2.45, 2.75) is 71.7 Å². The first-order valence-corrected chi connectivity index (χ1v) is 15.2. The van der Waals surface area contributed by atoms with Gasteiger partial charge in [-0.1, -0.05) is 20.8 Å². The number of nitrogens with two attached hydrogens (primary N) is 1. The molecule has 4 rings (SSSR count). The first-order chi connectivity index (χ1) is 16.7. The zero-order valence-corrected chi connectivity index (χ0v) is 24.5. The monoisotopic (exact) mass is 536 g/mol. The molecule has 0 amide bonds. The van der Waals surface area contributed by atoms with Gasteiger partial charge in [0.15, 0.2) is 5.82 Å². The number of hydrogen-bond acceptors (Lipinski definition) is 7. The van der Waals surface area contributed by atoms with Gasteiger partial charge in [-0.15, -0.1) is 0 Å². The van der Waals surface area contributed by atoms with E-state index < -0.39 is 12.2 Å². The van der Waals surface area contributed by atoms with E-state index >= 15 is 0 Å². The zero-order chi connectivity index (χ0) is 26.5. The van der Waals surface area contributed by atoms with Crippen molar-refractivity contribution < 1.29 is 9.26 Å². The molecule has 200 valence electrons. The van der Waals surface area contributed by atoms with Crippen LogP contribution >= 0.6 is 6.57 Å². The van der Waals surface area contributed by atoms with Crippen LogP contribution in [-0.2, 0) is 21.1 Å². The van der Waals surface area contributed by atoms with Gasteiger partial charge in [-0.25, -0.2) is 14.6 Å². The van der Waals surface area contributed by atoms with E-state index in [1.54, 1.807) is 0 Å². The Morgan fingerprint density at radius 3 is 2.42 bits per heavy atom. The first-order valence-electron chi connectivity index (χ1n) is 12.5. The average molecular weight is 537 g/mol. The van der Waals surface area contributed by atoms with E-state index in [4.69, 9.17) is 31.6 Å². The molecule has 2 saturated heterocycles. The molecule has 2 N–H and O–H groups in total. The molecule has 0 radical (unpaired) electrons. The number of hydrogen-bond donors (Lipinski definition) is 1. The molecular formula is C24H41N8O2PS. The molecule has 4 heterocycles. The van der Waals surface area contributed by atoms with Crippen LogP contribution in [0.15, 0.2) is 16.1 Å². The summed E-state index contributed by atoms with van der Waals surface area (Å²) in [5, 5.41) is 0. The highest BCUT2D eigenvalue weighted by molar-refractivity contribution is 8.10. The van der Waals surface area contributed by atoms with Gasteiger partial charge in [0.25, 0.3) is 6.57 Å². The summed E-state index contributed by atoms with van der Waals surface area (Å²) >= 11 is 6.37. The molecule has 3 aliphatic heterocycles. The number of nitrogen functional groups attached to an aromatic ring is 1. The standard InChI is InChI=1S/C24H41N8O2PS/c1-23(2,3)11-16-13-32(14-18(33-16)17-12-26-20-19(17)27-15-28-21(20)25)35(36,34-24(4,5)6)29-22-30(7)9-10-31(22)8/h12,15-18H,9-11,13-14H2,1-8H3,(H2,25,27,28)/t16-,17?,18-,35?/m1/s1. The Bertz CT molecular complexity index is 1070. The summed E-state index contributed by atoms with van der Waals surface area (Å²) in [7, 11) is 4.11. The fourth-order valence-corrected chi connectivity index (χ4v) is 8.46. The summed E-state index contributed by atoms with van der Waals surface area (Å²) in [6.07, 6.45) is 4.01. The predicted octanol–water partition coefficient (Wildman–Crippen LogP) is 3.64. The van der Waals surface area contributed by atoms with Crippen molar-refractivity contribution in [2.75, 3.05) is 46.0 Å². The van der Waals surface area contributed by atoms with Gasteiger partial charge >= 0.3 is 0 Å². The Labute approximate surface area is 220 Å². The molecule has 1 aromatic heterocycles. The van der Waals surface area contributed by atoms with Crippen LogP contribution in [0.25, 0.3) is 0 Å². The van der Waals surface area contributed by atoms with Crippen molar-refractivity contribution in [3.05, 3.63) is 12.0 Å². The van der Waals surface area contributed by atoms with Crippen molar-refractivity contribution in [3.63, 3.8) is 0 Å². The van der Waals surface area contributed by atoms with Crippen LogP contribution in [0.3, 0.4) is 0 Å². The minimum atomic E-state index is -2.83. The van der Waals surface area contributed by atoms with Gasteiger partial charge in [0.05, 0.1) is 29.4 Å². The highest BCUT2D eigenvalue weighted by Gasteiger charge is 2.44. The smallest absolute Gasteiger partial charge is 0.251 e. The van der Waals surface area contributed by atoms with E-state index in [0.717, 1.165) is 31.2 Å². The summed E-state index contributed by atoms with van der Waals surface area (Å²) in [5.74, 6) is 1.13. The van der Waals surface area contributed by atoms with Crippen molar-refractivity contribution in [3.8, 4) is 0 Å². The van der Waals surface area contributed by atoms with Gasteiger partial charge in [-0.2, -0.15) is 4.76 Å². The maximum Gasteiger partial charge on any atom is 0.251 e. The molecule has 0 spiro atoms. The fourth-order valence-electron chi connectivity index (χ4n) is 4.89. The number of aromatic nitrogens is 2. The third-order valence-electron chi connectivity index (χ3n) is 6.39. The molecule has 0 aromatic carbocycles. The maximum atomic E-state index is 6.72. The van der Waals surface area contributed by atoms with Gasteiger partial charge in [-0.05, 0) is 44.4 Å². The molecule has 0 aliphatic carbocycles. The molecule has 0 saturated carbocycles. The summed E-state index contributed by atoms with van der Waals surface area (Å²) < 4.78 is 20.9. The molecular weight excluding hydrogens is 495 g/mol. The minimum Gasteiger partial charge on any atom is -0.382 e. The minimum absolute atomic E-state index is 0.0366. The first kappa shape index (κ1) is 27.4. The van der Waals surface area contributed by atoms with Crippen LogP contribution in [0.4, 0.5) is 11.5 Å². The summed E-state index contributed by atoms with van der Waals surface area (Å²) in [4.78, 5) is 17.5. The number of anilines is 1. The molecule has 3 aliphatic rings. The lowest BCUT2D eigenvalue weighted by Crippen LogP contribution is -2.50. The van der Waals surface area contributed by atoms with Crippen LogP contribution in [-0.4, -0.2) is 94.7 Å². The number of morpholine rings is 1. The Morgan fingerprint density at radius 2 is 1.81 bits per heavy atom. The van der Waals surface area contributed by atoms with Crippen LogP contribution in [0.5, 0.6) is 0 Å². The quantitative estimate of drug-likeness (QED) is 0.565. The Morgan fingerprint density at radius 1 is 1.14 bits per heavy atom. The number of ether oxygens (including phenoxy) is 1. The average Bonchev–Trinajstić information content (AvgIpc) is 3.31. The van der Waals surface area contributed by atoms with E-state index in [-0.39, 0.29) is 23.5 Å². The van der Waals surface area contributed by atoms with Crippen molar-refractivity contribution in [1.29, 1.82) is 0 Å². The van der Waals surface area contributed by atoms with E-state index in [1.807, 2.05) is 27.0 Å². The normalized spacial score (nSPS) is 26.9. The molecule has 36 heavy (non-hydrogen) atoms. The molecule has 2 fully saturated rings. The lowest BCUT2D eigenvalue weighted by atomic mass is 9.88. The van der Waals surface area contributed by atoms with E-state index in [2.05, 4.69) is 64.3 Å². The van der Waals surface area contributed by atoms with Crippen LogP contribution < -0.4 is 5.73 Å². The van der Waals surface area contributed by atoms with Gasteiger partial charge < -0.3 is 24.8 Å². The SMILES string of the molecule is CN1CCN(C)C1=NP(=S)(OC(C)(C)C)N1C[C@@H](CC(C)(C)C)O[C@@H](C2C=Nc3c(N)ncnc32)C1. The molecule has 4 atom stereocenters. The van der Waals surface area contributed by atoms with Crippen LogP contribution in [0, 0.1) is 5.41 Å². The van der Waals surface area contributed by atoms with Crippen LogP contribution in [0.2, 0.25) is 0 Å². The second-order valence-corrected chi connectivity index (χ2v) is 15.5. The van der Waals surface area contributed by atoms with Crippen molar-refractivity contribution in [1.82, 2.24) is 24.4 Å². The fraction of sp³-hybridized carbons (Fsp3) is 0.750.